The molecule has 1 rings (SSSR count). The van der Waals surface area contributed by atoms with E-state index in [4.69, 9.17) is 11.1 Å². The quantitative estimate of drug-likeness (QED) is 0.477. The van der Waals surface area contributed by atoms with Crippen molar-refractivity contribution in [2.45, 2.75) is 6.54 Å². The summed E-state index contributed by atoms with van der Waals surface area (Å²) < 4.78 is 46.9. The van der Waals surface area contributed by atoms with Crippen LogP contribution in [0.1, 0.15) is 11.1 Å². The van der Waals surface area contributed by atoms with Gasteiger partial charge in [0.2, 0.25) is 10.0 Å². The average molecular weight is 305 g/mol. The first-order valence-electron chi connectivity index (χ1n) is 5.17. The van der Waals surface area contributed by atoms with Crippen LogP contribution in [0.25, 0.3) is 0 Å². The van der Waals surface area contributed by atoms with Gasteiger partial charge in [-0.05, 0) is 5.56 Å². The highest BCUT2D eigenvalue weighted by Gasteiger charge is 2.17. The smallest absolute Gasteiger partial charge is 0.226 e. The van der Waals surface area contributed by atoms with E-state index in [1.54, 1.807) is 24.3 Å². The second-order valence-corrected chi connectivity index (χ2v) is 8.40. The Morgan fingerprint density at radius 2 is 1.74 bits per heavy atom. The number of hydrogen-bond donors (Lipinski definition) is 3. The zero-order valence-corrected chi connectivity index (χ0v) is 11.9. The lowest BCUT2D eigenvalue weighted by molar-refractivity contribution is 0.580. The summed E-state index contributed by atoms with van der Waals surface area (Å²) in [5, 5.41) is 6.27. The number of amidine groups is 1. The van der Waals surface area contributed by atoms with E-state index in [1.807, 2.05) is 0 Å². The number of nitrogen functional groups attached to an aromatic ring is 1. The zero-order chi connectivity index (χ0) is 14.7. The van der Waals surface area contributed by atoms with Gasteiger partial charge in [0.1, 0.15) is 5.84 Å². The maximum atomic E-state index is 11.5. The van der Waals surface area contributed by atoms with Crippen LogP contribution in [-0.4, -0.2) is 34.0 Å². The summed E-state index contributed by atoms with van der Waals surface area (Å²) in [6.07, 6.45) is 0.855. The van der Waals surface area contributed by atoms with Crippen molar-refractivity contribution in [2.75, 3.05) is 11.3 Å². The van der Waals surface area contributed by atoms with Crippen molar-refractivity contribution in [1.29, 1.82) is 5.41 Å². The summed E-state index contributed by atoms with van der Waals surface area (Å²) in [5.74, 6) is -0.0794. The average Bonchev–Trinajstić information content (AvgIpc) is 2.24. The summed E-state index contributed by atoms with van der Waals surface area (Å²) in [7, 11) is -7.47. The minimum absolute atomic E-state index is 0.0178. The predicted octanol–water partition coefficient (Wildman–Crippen LogP) is -0.608. The molecule has 0 spiro atoms. The maximum Gasteiger partial charge on any atom is 0.226 e. The normalized spacial score (nSPS) is 12.3. The molecule has 0 heterocycles. The van der Waals surface area contributed by atoms with E-state index in [2.05, 4.69) is 4.72 Å². The molecule has 0 saturated heterocycles. The van der Waals surface area contributed by atoms with Crippen molar-refractivity contribution in [1.82, 2.24) is 4.72 Å². The lowest BCUT2D eigenvalue weighted by atomic mass is 10.1. The molecule has 1 aromatic rings. The molecular weight excluding hydrogens is 290 g/mol. The molecule has 0 atom stereocenters. The molecule has 0 bridgehead atoms. The van der Waals surface area contributed by atoms with Crippen LogP contribution in [0.5, 0.6) is 0 Å². The van der Waals surface area contributed by atoms with Crippen LogP contribution >= 0.6 is 0 Å². The molecule has 0 fully saturated rings. The summed E-state index contributed by atoms with van der Waals surface area (Å²) in [6, 6.07) is 6.39. The summed E-state index contributed by atoms with van der Waals surface area (Å²) in [5.41, 5.74) is 6.45. The molecule has 0 aromatic heterocycles. The highest BCUT2D eigenvalue weighted by molar-refractivity contribution is 8.06. The molecule has 9 heteroatoms. The Morgan fingerprint density at radius 1 is 1.21 bits per heavy atom. The summed E-state index contributed by atoms with van der Waals surface area (Å²) >= 11 is 0. The standard InChI is InChI=1S/C10H15N3O4S2/c1-18(14,15)7-19(16,17)13-6-8-2-4-9(5-3-8)10(11)12/h2-5,13H,6-7H2,1H3,(H3,11,12). The fourth-order valence-electron chi connectivity index (χ4n) is 1.32. The number of sulfone groups is 1. The molecule has 0 amide bonds. The van der Waals surface area contributed by atoms with E-state index in [0.29, 0.717) is 11.1 Å². The molecule has 4 N–H and O–H groups in total. The van der Waals surface area contributed by atoms with Gasteiger partial charge in [-0.3, -0.25) is 5.41 Å². The van der Waals surface area contributed by atoms with Gasteiger partial charge in [-0.1, -0.05) is 24.3 Å². The number of sulfonamides is 1. The van der Waals surface area contributed by atoms with E-state index in [-0.39, 0.29) is 12.4 Å². The number of nitrogens with one attached hydrogen (secondary N) is 2. The Kier molecular flexibility index (Phi) is 4.66. The second kappa shape index (κ2) is 5.68. The van der Waals surface area contributed by atoms with Crippen molar-refractivity contribution in [3.8, 4) is 0 Å². The SMILES string of the molecule is CS(=O)(=O)CS(=O)(=O)NCc1ccc(C(=N)N)cc1. The fourth-order valence-corrected chi connectivity index (χ4v) is 4.29. The van der Waals surface area contributed by atoms with Gasteiger partial charge < -0.3 is 5.73 Å². The lowest BCUT2D eigenvalue weighted by Crippen LogP contribution is -2.29. The van der Waals surface area contributed by atoms with Crippen LogP contribution in [0.4, 0.5) is 0 Å². The number of rotatable bonds is 6. The third-order valence-electron chi connectivity index (χ3n) is 2.13. The van der Waals surface area contributed by atoms with Crippen molar-refractivity contribution < 1.29 is 16.8 Å². The van der Waals surface area contributed by atoms with E-state index >= 15 is 0 Å². The Hall–Kier alpha value is -1.45. The second-order valence-electron chi connectivity index (χ2n) is 4.09. The highest BCUT2D eigenvalue weighted by Crippen LogP contribution is 2.04. The summed E-state index contributed by atoms with van der Waals surface area (Å²) in [6.45, 7) is -0.0178. The van der Waals surface area contributed by atoms with Gasteiger partial charge in [0.05, 0.1) is 0 Å². The third-order valence-corrected chi connectivity index (χ3v) is 5.67. The van der Waals surface area contributed by atoms with Gasteiger partial charge >= 0.3 is 0 Å². The number of benzene rings is 1. The lowest BCUT2D eigenvalue weighted by Gasteiger charge is -2.06. The molecule has 106 valence electrons. The molecule has 0 aliphatic heterocycles. The van der Waals surface area contributed by atoms with Gasteiger partial charge in [-0.25, -0.2) is 21.6 Å². The molecule has 19 heavy (non-hydrogen) atoms. The third kappa shape index (κ3) is 5.81. The Balaban J connectivity index is 2.69. The van der Waals surface area contributed by atoms with Gasteiger partial charge in [-0.15, -0.1) is 0 Å². The topological polar surface area (TPSA) is 130 Å². The van der Waals surface area contributed by atoms with Crippen molar-refractivity contribution in [2.24, 2.45) is 5.73 Å². The molecule has 0 aliphatic rings. The Morgan fingerprint density at radius 3 is 2.16 bits per heavy atom. The molecule has 0 aliphatic carbocycles. The van der Waals surface area contributed by atoms with Gasteiger partial charge in [-0.2, -0.15) is 0 Å². The van der Waals surface area contributed by atoms with Crippen molar-refractivity contribution in [3.05, 3.63) is 35.4 Å². The predicted molar refractivity (Wildman–Crippen MR) is 72.9 cm³/mol. The minimum Gasteiger partial charge on any atom is -0.384 e. The van der Waals surface area contributed by atoms with Gasteiger partial charge in [0.15, 0.2) is 14.9 Å². The molecule has 0 saturated carbocycles. The largest absolute Gasteiger partial charge is 0.384 e. The van der Waals surface area contributed by atoms with Gasteiger partial charge in [0, 0.05) is 18.4 Å². The number of nitrogens with two attached hydrogens (primary N) is 1. The Labute approximate surface area is 112 Å². The first-order valence-corrected chi connectivity index (χ1v) is 8.89. The van der Waals surface area contributed by atoms with E-state index in [1.165, 1.54) is 0 Å². The van der Waals surface area contributed by atoms with Gasteiger partial charge in [0.25, 0.3) is 0 Å². The minimum atomic E-state index is -3.87. The van der Waals surface area contributed by atoms with Crippen LogP contribution in [0.3, 0.4) is 0 Å². The van der Waals surface area contributed by atoms with E-state index in [0.717, 1.165) is 6.26 Å². The van der Waals surface area contributed by atoms with E-state index < -0.39 is 24.9 Å². The highest BCUT2D eigenvalue weighted by atomic mass is 32.3. The van der Waals surface area contributed by atoms with Crippen LogP contribution < -0.4 is 10.5 Å². The van der Waals surface area contributed by atoms with Crippen LogP contribution in [0.15, 0.2) is 24.3 Å². The van der Waals surface area contributed by atoms with Crippen LogP contribution in [0.2, 0.25) is 0 Å². The summed E-state index contributed by atoms with van der Waals surface area (Å²) in [4.78, 5) is 0. The number of hydrogen-bond acceptors (Lipinski definition) is 5. The monoisotopic (exact) mass is 305 g/mol. The molecule has 0 unspecified atom stereocenters. The molecule has 7 nitrogen and oxygen atoms in total. The molecule has 0 radical (unpaired) electrons. The first-order chi connectivity index (χ1) is 8.59. The Bertz CT molecular complexity index is 663. The van der Waals surface area contributed by atoms with Crippen molar-refractivity contribution >= 4 is 25.7 Å². The zero-order valence-electron chi connectivity index (χ0n) is 10.3. The van der Waals surface area contributed by atoms with Crippen molar-refractivity contribution in [3.63, 3.8) is 0 Å². The van der Waals surface area contributed by atoms with Crippen LogP contribution in [0, 0.1) is 5.41 Å². The molecular formula is C10H15N3O4S2. The van der Waals surface area contributed by atoms with Crippen LogP contribution in [-0.2, 0) is 26.4 Å². The maximum absolute atomic E-state index is 11.5. The fraction of sp³-hybridized carbons (Fsp3) is 0.300. The first kappa shape index (κ1) is 15.6. The molecule has 1 aromatic carbocycles. The van der Waals surface area contributed by atoms with E-state index in [9.17, 15) is 16.8 Å².